The van der Waals surface area contributed by atoms with Crippen LogP contribution in [0.2, 0.25) is 0 Å². The molecule has 0 unspecified atom stereocenters. The fourth-order valence-corrected chi connectivity index (χ4v) is 7.98. The quantitative estimate of drug-likeness (QED) is 0.262. The van der Waals surface area contributed by atoms with Gasteiger partial charge < -0.3 is 35.4 Å². The van der Waals surface area contributed by atoms with E-state index in [1.54, 1.807) is 11.3 Å². The standard InChI is InChI=1S/C39H58N6O7S/c1-23(25-9-11-26(12-10-25)33-24(2)40-22-53-33)41-35(48)31-19-28(46)20-45(31)36(49)34(38(3,4)5)43-32(47)21-44-15-13-29(14-16-44)51-30-17-27(18-30)42-37(50)52-39(6,7)8/h9-12,22-23,27-31,34,46H,13-21H2,1-8H3,(H,41,48)(H,42,50)(H,43,47)/t23-,27-,28+,30+,31-,34+/m0/s1. The van der Waals surface area contributed by atoms with Gasteiger partial charge in [-0.2, -0.15) is 0 Å². The fourth-order valence-electron chi connectivity index (χ4n) is 7.17. The number of piperidine rings is 1. The van der Waals surface area contributed by atoms with Crippen molar-refractivity contribution in [2.75, 3.05) is 26.2 Å². The zero-order valence-electron chi connectivity index (χ0n) is 32.4. The Morgan fingerprint density at radius 3 is 2.23 bits per heavy atom. The molecule has 3 fully saturated rings. The Balaban J connectivity index is 1.09. The van der Waals surface area contributed by atoms with Crippen LogP contribution in [0.4, 0.5) is 4.79 Å². The van der Waals surface area contributed by atoms with Crippen molar-refractivity contribution in [1.82, 2.24) is 30.7 Å². The minimum absolute atomic E-state index is 0.0168. The molecule has 3 aliphatic rings. The number of thiazole rings is 1. The molecule has 13 nitrogen and oxygen atoms in total. The highest BCUT2D eigenvalue weighted by Gasteiger charge is 2.45. The molecule has 2 saturated heterocycles. The summed E-state index contributed by atoms with van der Waals surface area (Å²) >= 11 is 1.58. The summed E-state index contributed by atoms with van der Waals surface area (Å²) in [7, 11) is 0. The normalized spacial score (nSPS) is 23.8. The van der Waals surface area contributed by atoms with Gasteiger partial charge in [-0.15, -0.1) is 11.3 Å². The van der Waals surface area contributed by atoms with Crippen molar-refractivity contribution in [3.05, 3.63) is 41.0 Å². The molecule has 5 rings (SSSR count). The molecule has 0 spiro atoms. The lowest BCUT2D eigenvalue weighted by Gasteiger charge is -2.40. The number of benzene rings is 1. The van der Waals surface area contributed by atoms with E-state index in [4.69, 9.17) is 9.47 Å². The van der Waals surface area contributed by atoms with Gasteiger partial charge in [0, 0.05) is 32.1 Å². The number of nitrogens with one attached hydrogen (secondary N) is 3. The Hall–Kier alpha value is -3.59. The van der Waals surface area contributed by atoms with Crippen LogP contribution in [0.1, 0.15) is 97.9 Å². The molecule has 3 heterocycles. The Morgan fingerprint density at radius 2 is 1.64 bits per heavy atom. The van der Waals surface area contributed by atoms with Gasteiger partial charge in [0.25, 0.3) is 0 Å². The number of aromatic nitrogens is 1. The average molecular weight is 755 g/mol. The van der Waals surface area contributed by atoms with Gasteiger partial charge >= 0.3 is 6.09 Å². The molecule has 1 aromatic heterocycles. The van der Waals surface area contributed by atoms with Crippen LogP contribution in [-0.2, 0) is 23.9 Å². The van der Waals surface area contributed by atoms with Crippen LogP contribution in [0.5, 0.6) is 0 Å². The van der Waals surface area contributed by atoms with E-state index in [-0.39, 0.29) is 61.5 Å². The lowest BCUT2D eigenvalue weighted by atomic mass is 9.85. The molecule has 1 aromatic carbocycles. The number of carbonyl (C=O) groups excluding carboxylic acids is 4. The van der Waals surface area contributed by atoms with Crippen LogP contribution in [0, 0.1) is 12.3 Å². The summed E-state index contributed by atoms with van der Waals surface area (Å²) < 4.78 is 11.6. The first-order valence-corrected chi connectivity index (χ1v) is 19.7. The number of aliphatic hydroxyl groups excluding tert-OH is 1. The van der Waals surface area contributed by atoms with E-state index in [2.05, 4.69) is 25.8 Å². The van der Waals surface area contributed by atoms with Gasteiger partial charge in [0.2, 0.25) is 17.7 Å². The first-order chi connectivity index (χ1) is 24.9. The molecule has 4 atom stereocenters. The van der Waals surface area contributed by atoms with Gasteiger partial charge in [-0.3, -0.25) is 19.3 Å². The Bertz CT molecular complexity index is 1590. The zero-order valence-corrected chi connectivity index (χ0v) is 33.3. The van der Waals surface area contributed by atoms with Crippen molar-refractivity contribution < 1.29 is 33.8 Å². The summed E-state index contributed by atoms with van der Waals surface area (Å²) in [5, 5.41) is 19.5. The van der Waals surface area contributed by atoms with E-state index < -0.39 is 35.3 Å². The molecular formula is C39H58N6O7S. The molecule has 53 heavy (non-hydrogen) atoms. The molecule has 292 valence electrons. The van der Waals surface area contributed by atoms with Crippen molar-refractivity contribution in [3.63, 3.8) is 0 Å². The second kappa shape index (κ2) is 16.8. The van der Waals surface area contributed by atoms with Gasteiger partial charge in [-0.25, -0.2) is 9.78 Å². The van der Waals surface area contributed by atoms with E-state index in [0.29, 0.717) is 13.1 Å². The molecule has 14 heteroatoms. The first-order valence-electron chi connectivity index (χ1n) is 18.8. The maximum Gasteiger partial charge on any atom is 0.407 e. The number of hydrogen-bond acceptors (Lipinski definition) is 10. The molecule has 4 N–H and O–H groups in total. The number of likely N-dealkylation sites (tertiary alicyclic amines) is 2. The Kier molecular flexibility index (Phi) is 12.9. The Morgan fingerprint density at radius 1 is 0.981 bits per heavy atom. The lowest BCUT2D eigenvalue weighted by Crippen LogP contribution is -2.59. The van der Waals surface area contributed by atoms with E-state index in [1.807, 2.05) is 85.2 Å². The van der Waals surface area contributed by atoms with Crippen LogP contribution in [-0.4, -0.2) is 112 Å². The molecule has 4 amide bonds. The minimum atomic E-state index is -0.891. The van der Waals surface area contributed by atoms with Crippen LogP contribution in [0.15, 0.2) is 29.8 Å². The third kappa shape index (κ3) is 11.0. The number of amides is 4. The predicted molar refractivity (Wildman–Crippen MR) is 203 cm³/mol. The van der Waals surface area contributed by atoms with E-state index in [9.17, 15) is 24.3 Å². The van der Waals surface area contributed by atoms with Crippen LogP contribution < -0.4 is 16.0 Å². The van der Waals surface area contributed by atoms with Crippen molar-refractivity contribution >= 4 is 35.2 Å². The summed E-state index contributed by atoms with van der Waals surface area (Å²) in [6.07, 6.45) is 2.12. The van der Waals surface area contributed by atoms with E-state index in [0.717, 1.165) is 47.4 Å². The molecule has 0 radical (unpaired) electrons. The van der Waals surface area contributed by atoms with Crippen LogP contribution in [0.3, 0.4) is 0 Å². The third-order valence-electron chi connectivity index (χ3n) is 10.2. The van der Waals surface area contributed by atoms with Crippen molar-refractivity contribution in [2.45, 2.75) is 136 Å². The number of alkyl carbamates (subject to hydrolysis) is 1. The third-order valence-corrected chi connectivity index (χ3v) is 11.1. The monoisotopic (exact) mass is 754 g/mol. The van der Waals surface area contributed by atoms with Gasteiger partial charge in [0.15, 0.2) is 0 Å². The number of carbonyl (C=O) groups is 4. The van der Waals surface area contributed by atoms with Gasteiger partial charge in [-0.05, 0) is 76.8 Å². The van der Waals surface area contributed by atoms with Crippen LogP contribution in [0.25, 0.3) is 10.4 Å². The predicted octanol–water partition coefficient (Wildman–Crippen LogP) is 4.33. The summed E-state index contributed by atoms with van der Waals surface area (Å²) in [5.74, 6) is -0.990. The first kappa shape index (κ1) is 40.6. The number of aryl methyl sites for hydroxylation is 1. The van der Waals surface area contributed by atoms with Crippen LogP contribution >= 0.6 is 11.3 Å². The molecule has 2 aliphatic heterocycles. The summed E-state index contributed by atoms with van der Waals surface area (Å²) in [6.45, 7) is 16.6. The number of β-amino-alcohol motifs (C(OH)–C–C–N with tert-alkyl or cyclic N) is 1. The fraction of sp³-hybridized carbons (Fsp3) is 0.667. The summed E-state index contributed by atoms with van der Waals surface area (Å²) in [4.78, 5) is 62.0. The van der Waals surface area contributed by atoms with Crippen molar-refractivity contribution in [2.24, 2.45) is 5.41 Å². The number of hydrogen-bond donors (Lipinski definition) is 4. The maximum atomic E-state index is 14.1. The maximum absolute atomic E-state index is 14.1. The van der Waals surface area contributed by atoms with Gasteiger partial charge in [-0.1, -0.05) is 45.0 Å². The summed E-state index contributed by atoms with van der Waals surface area (Å²) in [5.41, 5.74) is 3.59. The smallest absolute Gasteiger partial charge is 0.407 e. The van der Waals surface area contributed by atoms with E-state index >= 15 is 0 Å². The topological polar surface area (TPSA) is 162 Å². The second-order valence-corrected chi connectivity index (χ2v) is 17.8. The van der Waals surface area contributed by atoms with Crippen molar-refractivity contribution in [3.8, 4) is 10.4 Å². The molecular weight excluding hydrogens is 697 g/mol. The number of ether oxygens (including phenoxy) is 2. The van der Waals surface area contributed by atoms with Crippen molar-refractivity contribution in [1.29, 1.82) is 0 Å². The minimum Gasteiger partial charge on any atom is -0.444 e. The molecule has 1 saturated carbocycles. The number of nitrogens with zero attached hydrogens (tertiary/aromatic N) is 3. The molecule has 1 aliphatic carbocycles. The molecule has 0 bridgehead atoms. The Labute approximate surface area is 317 Å². The highest BCUT2D eigenvalue weighted by molar-refractivity contribution is 7.13. The van der Waals surface area contributed by atoms with Gasteiger partial charge in [0.05, 0.1) is 47.0 Å². The molecule has 2 aromatic rings. The lowest BCUT2D eigenvalue weighted by molar-refractivity contribution is -0.144. The highest BCUT2D eigenvalue weighted by atomic mass is 32.1. The summed E-state index contributed by atoms with van der Waals surface area (Å²) in [6, 6.07) is 5.95. The zero-order chi connectivity index (χ0) is 38.7. The SMILES string of the molecule is Cc1ncsc1-c1ccc([C@H](C)NC(=O)[C@@H]2C[C@@H](O)CN2C(=O)[C@@H](NC(=O)CN2CCC(O[C@H]3C[C@@H](NC(=O)OC(C)(C)C)C3)CC2)C(C)(C)C)cc1. The largest absolute Gasteiger partial charge is 0.444 e. The average Bonchev–Trinajstić information content (AvgIpc) is 3.67. The van der Waals surface area contributed by atoms with E-state index in [1.165, 1.54) is 4.90 Å². The number of aliphatic hydroxyl groups is 1. The second-order valence-electron chi connectivity index (χ2n) is 16.9. The number of rotatable bonds is 11. The highest BCUT2D eigenvalue weighted by Crippen LogP contribution is 2.31. The van der Waals surface area contributed by atoms with Gasteiger partial charge in [0.1, 0.15) is 17.7 Å².